The molecule has 0 heterocycles. The number of fused-ring (bicyclic) bond motifs is 1. The highest BCUT2D eigenvalue weighted by Gasteiger charge is 2.50. The number of alkyl halides is 3. The fourth-order valence-electron chi connectivity index (χ4n) is 3.09. The molecule has 0 aliphatic heterocycles. The molecule has 5 heteroatoms. The summed E-state index contributed by atoms with van der Waals surface area (Å²) < 4.78 is 37.1. The molecule has 0 amide bonds. The van der Waals surface area contributed by atoms with Gasteiger partial charge >= 0.3 is 6.18 Å². The van der Waals surface area contributed by atoms with Crippen LogP contribution in [0.25, 0.3) is 0 Å². The highest BCUT2D eigenvalue weighted by atomic mass is 19.4. The lowest BCUT2D eigenvalue weighted by Crippen LogP contribution is -2.38. The molecule has 90 valence electrons. The van der Waals surface area contributed by atoms with Crippen molar-refractivity contribution >= 4 is 11.6 Å². The summed E-state index contributed by atoms with van der Waals surface area (Å²) in [5.74, 6) is -2.92. The number of hydrogen-bond acceptors (Lipinski definition) is 2. The van der Waals surface area contributed by atoms with Crippen molar-refractivity contribution in [2.24, 2.45) is 17.8 Å². The van der Waals surface area contributed by atoms with E-state index in [1.165, 1.54) is 0 Å². The maximum Gasteiger partial charge on any atom is 0.450 e. The molecule has 2 nitrogen and oxygen atoms in total. The molecule has 2 rings (SSSR count). The van der Waals surface area contributed by atoms with Gasteiger partial charge in [0.25, 0.3) is 0 Å². The van der Waals surface area contributed by atoms with E-state index in [4.69, 9.17) is 0 Å². The fourth-order valence-corrected chi connectivity index (χ4v) is 3.09. The zero-order valence-corrected chi connectivity index (χ0v) is 8.72. The van der Waals surface area contributed by atoms with Crippen LogP contribution in [0.3, 0.4) is 0 Å². The minimum atomic E-state index is -4.75. The molecule has 0 spiro atoms. The monoisotopic (exact) mass is 234 g/mol. The first-order valence-corrected chi connectivity index (χ1v) is 5.52. The van der Waals surface area contributed by atoms with Crippen LogP contribution in [0.2, 0.25) is 0 Å². The molecule has 16 heavy (non-hydrogen) atoms. The predicted molar refractivity (Wildman–Crippen MR) is 49.6 cm³/mol. The van der Waals surface area contributed by atoms with E-state index in [1.54, 1.807) is 0 Å². The summed E-state index contributed by atoms with van der Waals surface area (Å²) in [5, 5.41) is 0. The van der Waals surface area contributed by atoms with Crippen LogP contribution in [-0.4, -0.2) is 17.7 Å². The van der Waals surface area contributed by atoms with Gasteiger partial charge in [-0.3, -0.25) is 9.59 Å². The SMILES string of the molecule is O=C1CC2CCC[C@H](C(=O)C(F)(F)F)C2C1. The molecular formula is C11H13F3O2. The molecule has 0 aromatic carbocycles. The highest BCUT2D eigenvalue weighted by molar-refractivity contribution is 5.89. The predicted octanol–water partition coefficient (Wildman–Crippen LogP) is 2.51. The van der Waals surface area contributed by atoms with Crippen molar-refractivity contribution in [3.05, 3.63) is 0 Å². The molecule has 2 unspecified atom stereocenters. The van der Waals surface area contributed by atoms with Crippen LogP contribution in [0, 0.1) is 17.8 Å². The van der Waals surface area contributed by atoms with Crippen molar-refractivity contribution in [3.63, 3.8) is 0 Å². The number of ketones is 2. The third-order valence-electron chi connectivity index (χ3n) is 3.78. The molecule has 2 fully saturated rings. The van der Waals surface area contributed by atoms with Gasteiger partial charge < -0.3 is 0 Å². The Hall–Kier alpha value is -0.870. The Morgan fingerprint density at radius 3 is 2.50 bits per heavy atom. The Morgan fingerprint density at radius 1 is 1.19 bits per heavy atom. The van der Waals surface area contributed by atoms with Gasteiger partial charge in [-0.2, -0.15) is 13.2 Å². The van der Waals surface area contributed by atoms with Crippen molar-refractivity contribution < 1.29 is 22.8 Å². The van der Waals surface area contributed by atoms with Crippen LogP contribution in [0.1, 0.15) is 32.1 Å². The second kappa shape index (κ2) is 3.86. The molecule has 2 aliphatic carbocycles. The zero-order valence-electron chi connectivity index (χ0n) is 8.72. The van der Waals surface area contributed by atoms with Gasteiger partial charge in [-0.1, -0.05) is 6.42 Å². The van der Waals surface area contributed by atoms with Crippen molar-refractivity contribution in [2.75, 3.05) is 0 Å². The first kappa shape index (κ1) is 11.6. The minimum absolute atomic E-state index is 0.0110. The van der Waals surface area contributed by atoms with Crippen molar-refractivity contribution in [1.29, 1.82) is 0 Å². The summed E-state index contributed by atoms with van der Waals surface area (Å²) in [6, 6.07) is 0. The molecule has 0 aromatic rings. The van der Waals surface area contributed by atoms with Gasteiger partial charge in [0.2, 0.25) is 5.78 Å². The maximum atomic E-state index is 12.4. The summed E-state index contributed by atoms with van der Waals surface area (Å²) in [6.07, 6.45) is -2.52. The van der Waals surface area contributed by atoms with Gasteiger partial charge in [-0.25, -0.2) is 0 Å². The fraction of sp³-hybridized carbons (Fsp3) is 0.818. The Labute approximate surface area is 91.2 Å². The zero-order chi connectivity index (χ0) is 11.9. The second-order valence-corrected chi connectivity index (χ2v) is 4.77. The molecule has 0 saturated heterocycles. The van der Waals surface area contributed by atoms with Gasteiger partial charge in [0, 0.05) is 18.8 Å². The van der Waals surface area contributed by atoms with E-state index in [9.17, 15) is 22.8 Å². The normalized spacial score (nSPS) is 34.9. The van der Waals surface area contributed by atoms with Crippen molar-refractivity contribution in [2.45, 2.75) is 38.3 Å². The topological polar surface area (TPSA) is 34.1 Å². The summed E-state index contributed by atoms with van der Waals surface area (Å²) in [6.45, 7) is 0. The first-order valence-electron chi connectivity index (χ1n) is 5.52. The molecule has 3 atom stereocenters. The number of carbonyl (C=O) groups is 2. The van der Waals surface area contributed by atoms with Gasteiger partial charge in [-0.05, 0) is 24.7 Å². The van der Waals surface area contributed by atoms with E-state index in [2.05, 4.69) is 0 Å². The number of Topliss-reactive ketones (excluding diaryl/α,β-unsaturated/α-hetero) is 2. The lowest BCUT2D eigenvalue weighted by atomic mass is 9.72. The van der Waals surface area contributed by atoms with E-state index in [0.29, 0.717) is 12.8 Å². The third-order valence-corrected chi connectivity index (χ3v) is 3.78. The van der Waals surface area contributed by atoms with E-state index >= 15 is 0 Å². The highest BCUT2D eigenvalue weighted by Crippen LogP contribution is 2.46. The number of rotatable bonds is 1. The maximum absolute atomic E-state index is 12.4. The van der Waals surface area contributed by atoms with Crippen LogP contribution in [-0.2, 0) is 9.59 Å². The van der Waals surface area contributed by atoms with Crippen LogP contribution in [0.4, 0.5) is 13.2 Å². The lowest BCUT2D eigenvalue weighted by molar-refractivity contribution is -0.179. The second-order valence-electron chi connectivity index (χ2n) is 4.77. The van der Waals surface area contributed by atoms with Crippen molar-refractivity contribution in [1.82, 2.24) is 0 Å². The quantitative estimate of drug-likeness (QED) is 0.698. The lowest BCUT2D eigenvalue weighted by Gasteiger charge is -2.32. The molecule has 2 saturated carbocycles. The van der Waals surface area contributed by atoms with E-state index < -0.39 is 17.9 Å². The summed E-state index contributed by atoms with van der Waals surface area (Å²) >= 11 is 0. The van der Waals surface area contributed by atoms with E-state index in [1.807, 2.05) is 0 Å². The molecular weight excluding hydrogens is 221 g/mol. The smallest absolute Gasteiger partial charge is 0.300 e. The van der Waals surface area contributed by atoms with E-state index in [-0.39, 0.29) is 30.5 Å². The number of hydrogen-bond donors (Lipinski definition) is 0. The van der Waals surface area contributed by atoms with Crippen LogP contribution >= 0.6 is 0 Å². The van der Waals surface area contributed by atoms with Crippen LogP contribution < -0.4 is 0 Å². The van der Waals surface area contributed by atoms with E-state index in [0.717, 1.165) is 6.42 Å². The minimum Gasteiger partial charge on any atom is -0.300 e. The van der Waals surface area contributed by atoms with Gasteiger partial charge in [0.05, 0.1) is 0 Å². The molecule has 0 radical (unpaired) electrons. The molecule has 2 aliphatic rings. The Balaban J connectivity index is 2.15. The molecule has 0 bridgehead atoms. The standard InChI is InChI=1S/C11H13F3O2/c12-11(13,14)10(16)8-3-1-2-6-4-7(15)5-9(6)8/h6,8-9H,1-5H2/t6?,8-,9?/m0/s1. The van der Waals surface area contributed by atoms with Crippen LogP contribution in [0.15, 0.2) is 0 Å². The largest absolute Gasteiger partial charge is 0.450 e. The summed E-state index contributed by atoms with van der Waals surface area (Å²) in [7, 11) is 0. The Bertz CT molecular complexity index is 322. The Kier molecular flexibility index (Phi) is 2.80. The van der Waals surface area contributed by atoms with Crippen LogP contribution in [0.5, 0.6) is 0 Å². The van der Waals surface area contributed by atoms with Gasteiger partial charge in [0.15, 0.2) is 0 Å². The Morgan fingerprint density at radius 2 is 1.88 bits per heavy atom. The molecule has 0 aromatic heterocycles. The third kappa shape index (κ3) is 1.99. The number of carbonyl (C=O) groups excluding carboxylic acids is 2. The number of halogens is 3. The summed E-state index contributed by atoms with van der Waals surface area (Å²) in [5.41, 5.74) is 0. The summed E-state index contributed by atoms with van der Waals surface area (Å²) in [4.78, 5) is 22.5. The first-order chi connectivity index (χ1) is 7.39. The van der Waals surface area contributed by atoms with Crippen molar-refractivity contribution in [3.8, 4) is 0 Å². The van der Waals surface area contributed by atoms with Gasteiger partial charge in [-0.15, -0.1) is 0 Å². The average Bonchev–Trinajstić information content (AvgIpc) is 2.54. The molecule has 0 N–H and O–H groups in total. The van der Waals surface area contributed by atoms with Gasteiger partial charge in [0.1, 0.15) is 5.78 Å². The average molecular weight is 234 g/mol.